The van der Waals surface area contributed by atoms with Gasteiger partial charge in [0.1, 0.15) is 12.2 Å². The molecular weight excluding hydrogens is 336 g/mol. The highest BCUT2D eigenvalue weighted by atomic mass is 16.6. The average molecular weight is 350 g/mol. The molecule has 0 bridgehead atoms. The van der Waals surface area contributed by atoms with Gasteiger partial charge < -0.3 is 14.9 Å². The lowest BCUT2D eigenvalue weighted by Crippen LogP contribution is -2.20. The van der Waals surface area contributed by atoms with Gasteiger partial charge in [-0.05, 0) is 49.3 Å². The Hall–Kier alpha value is -3.14. The van der Waals surface area contributed by atoms with Crippen molar-refractivity contribution in [2.75, 3.05) is 0 Å². The van der Waals surface area contributed by atoms with Crippen LogP contribution in [0.25, 0.3) is 48.8 Å². The van der Waals surface area contributed by atoms with Gasteiger partial charge in [0.25, 0.3) is 0 Å². The first-order valence-corrected chi connectivity index (χ1v) is 9.14. The quantitative estimate of drug-likeness (QED) is 0.310. The SMILES string of the molecule is O[C@H]1C2=C(O2)c2c(cc3ccc4cccc5c6ccccc6c2c3c45)[C@@H]1O. The zero-order chi connectivity index (χ0) is 17.9. The Bertz CT molecular complexity index is 1480. The molecule has 2 atom stereocenters. The van der Waals surface area contributed by atoms with Gasteiger partial charge in [0.05, 0.1) is 0 Å². The van der Waals surface area contributed by atoms with E-state index in [4.69, 9.17) is 4.74 Å². The van der Waals surface area contributed by atoms with E-state index in [0.717, 1.165) is 33.0 Å². The van der Waals surface area contributed by atoms with Crippen molar-refractivity contribution < 1.29 is 14.9 Å². The molecule has 0 saturated carbocycles. The molecule has 128 valence electrons. The summed E-state index contributed by atoms with van der Waals surface area (Å²) in [6.45, 7) is 0. The minimum Gasteiger partial charge on any atom is -0.451 e. The van der Waals surface area contributed by atoms with Crippen LogP contribution >= 0.6 is 0 Å². The first kappa shape index (κ1) is 14.0. The molecule has 0 spiro atoms. The molecule has 1 aliphatic carbocycles. The topological polar surface area (TPSA) is 53.0 Å². The maximum atomic E-state index is 10.7. The van der Waals surface area contributed by atoms with Crippen LogP contribution in [-0.2, 0) is 4.74 Å². The lowest BCUT2D eigenvalue weighted by molar-refractivity contribution is 0.0326. The van der Waals surface area contributed by atoms with Crippen molar-refractivity contribution in [3.05, 3.63) is 77.5 Å². The highest BCUT2D eigenvalue weighted by molar-refractivity contribution is 6.35. The molecule has 1 heterocycles. The van der Waals surface area contributed by atoms with Crippen LogP contribution < -0.4 is 0 Å². The third kappa shape index (κ3) is 1.52. The summed E-state index contributed by atoms with van der Waals surface area (Å²) in [5.41, 5.74) is 1.68. The highest BCUT2D eigenvalue weighted by Crippen LogP contribution is 2.54. The second-order valence-electron chi connectivity index (χ2n) is 7.51. The Morgan fingerprint density at radius 1 is 0.667 bits per heavy atom. The van der Waals surface area contributed by atoms with E-state index in [2.05, 4.69) is 54.6 Å². The van der Waals surface area contributed by atoms with Gasteiger partial charge in [0.15, 0.2) is 11.5 Å². The van der Waals surface area contributed by atoms with Crippen molar-refractivity contribution >= 4 is 48.8 Å². The van der Waals surface area contributed by atoms with Crippen molar-refractivity contribution in [2.45, 2.75) is 12.2 Å². The Morgan fingerprint density at radius 2 is 1.41 bits per heavy atom. The minimum atomic E-state index is -0.980. The molecule has 7 rings (SSSR count). The number of rotatable bonds is 0. The fourth-order valence-corrected chi connectivity index (χ4v) is 4.97. The van der Waals surface area contributed by atoms with Crippen LogP contribution in [0.3, 0.4) is 0 Å². The van der Waals surface area contributed by atoms with Gasteiger partial charge >= 0.3 is 0 Å². The van der Waals surface area contributed by atoms with Crippen LogP contribution in [0.1, 0.15) is 17.2 Å². The highest BCUT2D eigenvalue weighted by Gasteiger charge is 2.46. The first-order chi connectivity index (χ1) is 13.2. The van der Waals surface area contributed by atoms with Crippen molar-refractivity contribution in [2.24, 2.45) is 0 Å². The average Bonchev–Trinajstić information content (AvgIpc) is 3.51. The first-order valence-electron chi connectivity index (χ1n) is 9.14. The van der Waals surface area contributed by atoms with Gasteiger partial charge in [-0.2, -0.15) is 0 Å². The molecule has 1 aliphatic heterocycles. The van der Waals surface area contributed by atoms with E-state index in [9.17, 15) is 10.2 Å². The number of benzene rings is 5. The van der Waals surface area contributed by atoms with Gasteiger partial charge in [-0.15, -0.1) is 0 Å². The summed E-state index contributed by atoms with van der Waals surface area (Å²) < 4.78 is 5.65. The van der Waals surface area contributed by atoms with Gasteiger partial charge in [0.2, 0.25) is 0 Å². The van der Waals surface area contributed by atoms with E-state index in [0.29, 0.717) is 5.76 Å². The van der Waals surface area contributed by atoms with E-state index in [-0.39, 0.29) is 0 Å². The molecule has 5 aromatic carbocycles. The molecule has 3 nitrogen and oxygen atoms in total. The van der Waals surface area contributed by atoms with Crippen molar-refractivity contribution in [3.63, 3.8) is 0 Å². The molecular formula is C24H14O3. The number of hydrogen-bond donors (Lipinski definition) is 2. The van der Waals surface area contributed by atoms with E-state index in [1.165, 1.54) is 26.9 Å². The van der Waals surface area contributed by atoms with Crippen LogP contribution in [0.15, 0.2) is 66.4 Å². The molecule has 0 saturated heterocycles. The predicted octanol–water partition coefficient (Wildman–Crippen LogP) is 4.84. The number of aliphatic hydroxyl groups is 2. The Balaban J connectivity index is 1.87. The summed E-state index contributed by atoms with van der Waals surface area (Å²) in [5.74, 6) is 1.24. The summed E-state index contributed by atoms with van der Waals surface area (Å²) in [6, 6.07) is 21.1. The van der Waals surface area contributed by atoms with Crippen molar-refractivity contribution in [1.29, 1.82) is 0 Å². The third-order valence-corrected chi connectivity index (χ3v) is 6.17. The fourth-order valence-electron chi connectivity index (χ4n) is 4.97. The van der Waals surface area contributed by atoms with Gasteiger partial charge in [-0.25, -0.2) is 0 Å². The largest absolute Gasteiger partial charge is 0.451 e. The maximum absolute atomic E-state index is 10.7. The minimum absolute atomic E-state index is 0.508. The standard InChI is InChI=1S/C24H14O3/c25-21-16-10-12-9-8-11-4-3-7-14-13-5-1-2-6-15(13)19(18(12)17(11)14)20(16)23-24(27-23)22(21)26/h1-10,21-22,25-26H/t21-,22+/m0/s1. The molecule has 0 radical (unpaired) electrons. The second-order valence-corrected chi connectivity index (χ2v) is 7.51. The molecule has 27 heavy (non-hydrogen) atoms. The lowest BCUT2D eigenvalue weighted by atomic mass is 9.82. The molecule has 5 aromatic rings. The van der Waals surface area contributed by atoms with Gasteiger partial charge in [0, 0.05) is 10.9 Å². The van der Waals surface area contributed by atoms with Crippen LogP contribution in [0.2, 0.25) is 0 Å². The van der Waals surface area contributed by atoms with E-state index in [1.807, 2.05) is 6.07 Å². The molecule has 0 fully saturated rings. The number of hydrogen-bond acceptors (Lipinski definition) is 3. The van der Waals surface area contributed by atoms with Gasteiger partial charge in [-0.3, -0.25) is 0 Å². The van der Waals surface area contributed by atoms with Crippen molar-refractivity contribution in [1.82, 2.24) is 0 Å². The van der Waals surface area contributed by atoms with E-state index >= 15 is 0 Å². The molecule has 0 aromatic heterocycles. The number of ether oxygens (including phenoxy) is 1. The number of fused-ring (bicyclic) bond motifs is 6. The summed E-state index contributed by atoms with van der Waals surface area (Å²) >= 11 is 0. The molecule has 2 N–H and O–H groups in total. The Kier molecular flexibility index (Phi) is 2.28. The van der Waals surface area contributed by atoms with E-state index in [1.54, 1.807) is 0 Å². The van der Waals surface area contributed by atoms with Gasteiger partial charge in [-0.1, -0.05) is 54.6 Å². The van der Waals surface area contributed by atoms with E-state index < -0.39 is 12.2 Å². The molecule has 0 unspecified atom stereocenters. The summed E-state index contributed by atoms with van der Waals surface area (Å²) in [4.78, 5) is 0. The van der Waals surface area contributed by atoms with Crippen LogP contribution in [0, 0.1) is 0 Å². The molecule has 2 aliphatic rings. The normalized spacial score (nSPS) is 21.1. The number of aliphatic hydroxyl groups excluding tert-OH is 2. The third-order valence-electron chi connectivity index (χ3n) is 6.17. The zero-order valence-electron chi connectivity index (χ0n) is 14.2. The van der Waals surface area contributed by atoms with Crippen LogP contribution in [0.4, 0.5) is 0 Å². The molecule has 0 amide bonds. The smallest absolute Gasteiger partial charge is 0.179 e. The summed E-state index contributed by atoms with van der Waals surface area (Å²) in [6.07, 6.45) is -1.95. The Labute approximate surface area is 154 Å². The Morgan fingerprint density at radius 3 is 2.30 bits per heavy atom. The second kappa shape index (κ2) is 4.39. The zero-order valence-corrected chi connectivity index (χ0v) is 14.2. The van der Waals surface area contributed by atoms with Crippen LogP contribution in [0.5, 0.6) is 0 Å². The fraction of sp³-hybridized carbons (Fsp3) is 0.0833. The predicted molar refractivity (Wildman–Crippen MR) is 107 cm³/mol. The summed E-state index contributed by atoms with van der Waals surface area (Å²) in [5, 5.41) is 30.5. The summed E-state index contributed by atoms with van der Waals surface area (Å²) in [7, 11) is 0. The monoisotopic (exact) mass is 350 g/mol. The maximum Gasteiger partial charge on any atom is 0.179 e. The van der Waals surface area contributed by atoms with Crippen LogP contribution in [-0.4, -0.2) is 16.3 Å². The lowest BCUT2D eigenvalue weighted by Gasteiger charge is -2.23. The molecule has 3 heteroatoms. The van der Waals surface area contributed by atoms with Crippen molar-refractivity contribution in [3.8, 4) is 0 Å².